The number of methoxy groups -OCH3 is 2. The van der Waals surface area contributed by atoms with Crippen molar-refractivity contribution in [2.75, 3.05) is 26.1 Å². The number of benzene rings is 2. The van der Waals surface area contributed by atoms with Crippen molar-refractivity contribution in [1.82, 2.24) is 0 Å². The third-order valence-electron chi connectivity index (χ3n) is 3.96. The first kappa shape index (κ1) is 22.8. The van der Waals surface area contributed by atoms with E-state index in [1.165, 1.54) is 14.2 Å². The Hall–Kier alpha value is -3.50. The third kappa shape index (κ3) is 5.10. The van der Waals surface area contributed by atoms with Crippen LogP contribution < -0.4 is 19.5 Å². The molecule has 1 amide bonds. The Balaban J connectivity index is 2.51. The molecule has 0 saturated carbocycles. The monoisotopic (exact) mass is 428 g/mol. The molecule has 0 aliphatic heterocycles. The molecule has 2 aromatic carbocycles. The van der Waals surface area contributed by atoms with E-state index in [0.717, 1.165) is 24.3 Å². The SMILES string of the molecule is CCCOc1ccc(C(F)(F)F)cc1NC(=O)c1cc(OC)c(OC)cc1[N+](=O)[O-]. The Labute approximate surface area is 169 Å². The van der Waals surface area contributed by atoms with Gasteiger partial charge in [-0.25, -0.2) is 0 Å². The maximum atomic E-state index is 13.1. The molecule has 0 fully saturated rings. The van der Waals surface area contributed by atoms with Crippen molar-refractivity contribution in [3.05, 3.63) is 51.6 Å². The van der Waals surface area contributed by atoms with Crippen LogP contribution in [0, 0.1) is 10.1 Å². The first-order chi connectivity index (χ1) is 14.1. The molecule has 162 valence electrons. The average Bonchev–Trinajstić information content (AvgIpc) is 2.70. The molecular formula is C19H19F3N2O6. The van der Waals surface area contributed by atoms with E-state index in [1.807, 2.05) is 0 Å². The fourth-order valence-corrected chi connectivity index (χ4v) is 2.53. The molecule has 1 N–H and O–H groups in total. The van der Waals surface area contributed by atoms with Crippen LogP contribution in [-0.2, 0) is 6.18 Å². The highest BCUT2D eigenvalue weighted by Gasteiger charge is 2.32. The van der Waals surface area contributed by atoms with Crippen LogP contribution in [0.15, 0.2) is 30.3 Å². The summed E-state index contributed by atoms with van der Waals surface area (Å²) in [5.41, 5.74) is -2.31. The van der Waals surface area contributed by atoms with Gasteiger partial charge in [0.25, 0.3) is 11.6 Å². The lowest BCUT2D eigenvalue weighted by atomic mass is 10.1. The van der Waals surface area contributed by atoms with Crippen LogP contribution in [0.1, 0.15) is 29.3 Å². The maximum absolute atomic E-state index is 13.1. The molecule has 2 aromatic rings. The van der Waals surface area contributed by atoms with E-state index in [2.05, 4.69) is 5.32 Å². The maximum Gasteiger partial charge on any atom is 0.416 e. The number of ether oxygens (including phenoxy) is 3. The lowest BCUT2D eigenvalue weighted by Gasteiger charge is -2.16. The normalized spacial score (nSPS) is 11.0. The summed E-state index contributed by atoms with van der Waals surface area (Å²) in [4.78, 5) is 23.3. The number of amides is 1. The molecule has 11 heteroatoms. The van der Waals surface area contributed by atoms with Gasteiger partial charge < -0.3 is 19.5 Å². The van der Waals surface area contributed by atoms with E-state index in [1.54, 1.807) is 6.92 Å². The van der Waals surface area contributed by atoms with Crippen molar-refractivity contribution >= 4 is 17.3 Å². The highest BCUT2D eigenvalue weighted by molar-refractivity contribution is 6.08. The number of nitrogens with zero attached hydrogens (tertiary/aromatic N) is 1. The molecular weight excluding hydrogens is 409 g/mol. The number of carbonyl (C=O) groups is 1. The van der Waals surface area contributed by atoms with E-state index in [4.69, 9.17) is 14.2 Å². The second-order valence-corrected chi connectivity index (χ2v) is 5.99. The summed E-state index contributed by atoms with van der Waals surface area (Å²) in [6.45, 7) is 2.00. The summed E-state index contributed by atoms with van der Waals surface area (Å²) in [6.07, 6.45) is -4.08. The van der Waals surface area contributed by atoms with Crippen LogP contribution in [-0.4, -0.2) is 31.7 Å². The van der Waals surface area contributed by atoms with Gasteiger partial charge in [-0.15, -0.1) is 0 Å². The Morgan fingerprint density at radius 1 is 1.10 bits per heavy atom. The van der Waals surface area contributed by atoms with Crippen LogP contribution in [0.4, 0.5) is 24.5 Å². The minimum Gasteiger partial charge on any atom is -0.493 e. The lowest BCUT2D eigenvalue weighted by molar-refractivity contribution is -0.385. The predicted molar refractivity (Wildman–Crippen MR) is 101 cm³/mol. The zero-order valence-corrected chi connectivity index (χ0v) is 16.3. The van der Waals surface area contributed by atoms with Gasteiger partial charge in [0, 0.05) is 6.07 Å². The van der Waals surface area contributed by atoms with E-state index in [9.17, 15) is 28.1 Å². The molecule has 0 radical (unpaired) electrons. The van der Waals surface area contributed by atoms with Gasteiger partial charge in [-0.1, -0.05) is 6.92 Å². The Kier molecular flexibility index (Phi) is 7.09. The van der Waals surface area contributed by atoms with Gasteiger partial charge >= 0.3 is 6.18 Å². The lowest BCUT2D eigenvalue weighted by Crippen LogP contribution is -2.16. The van der Waals surface area contributed by atoms with Crippen molar-refractivity contribution in [2.45, 2.75) is 19.5 Å². The molecule has 0 spiro atoms. The largest absolute Gasteiger partial charge is 0.493 e. The molecule has 0 aliphatic rings. The summed E-state index contributed by atoms with van der Waals surface area (Å²) in [5, 5.41) is 13.7. The second-order valence-electron chi connectivity index (χ2n) is 5.99. The topological polar surface area (TPSA) is 99.9 Å². The van der Waals surface area contributed by atoms with Crippen LogP contribution in [0.5, 0.6) is 17.2 Å². The van der Waals surface area contributed by atoms with Crippen LogP contribution in [0.25, 0.3) is 0 Å². The number of nitro groups is 1. The molecule has 30 heavy (non-hydrogen) atoms. The summed E-state index contributed by atoms with van der Waals surface area (Å²) >= 11 is 0. The molecule has 0 saturated heterocycles. The van der Waals surface area contributed by atoms with Gasteiger partial charge in [-0.05, 0) is 24.6 Å². The van der Waals surface area contributed by atoms with Crippen molar-refractivity contribution in [3.8, 4) is 17.2 Å². The second kappa shape index (κ2) is 9.33. The average molecular weight is 428 g/mol. The van der Waals surface area contributed by atoms with Crippen LogP contribution in [0.3, 0.4) is 0 Å². The van der Waals surface area contributed by atoms with E-state index < -0.39 is 33.8 Å². The number of halogens is 3. The number of hydrogen-bond donors (Lipinski definition) is 1. The Morgan fingerprint density at radius 2 is 1.73 bits per heavy atom. The molecule has 0 heterocycles. The van der Waals surface area contributed by atoms with Crippen molar-refractivity contribution in [2.24, 2.45) is 0 Å². The van der Waals surface area contributed by atoms with Crippen molar-refractivity contribution in [3.63, 3.8) is 0 Å². The molecule has 2 rings (SSSR count). The third-order valence-corrected chi connectivity index (χ3v) is 3.96. The highest BCUT2D eigenvalue weighted by Crippen LogP contribution is 2.37. The fraction of sp³-hybridized carbons (Fsp3) is 0.316. The van der Waals surface area contributed by atoms with Crippen LogP contribution >= 0.6 is 0 Å². The van der Waals surface area contributed by atoms with E-state index in [-0.39, 0.29) is 29.5 Å². The number of nitro benzene ring substituents is 1. The van der Waals surface area contributed by atoms with Crippen LogP contribution in [0.2, 0.25) is 0 Å². The zero-order valence-electron chi connectivity index (χ0n) is 16.3. The highest BCUT2D eigenvalue weighted by atomic mass is 19.4. The minimum absolute atomic E-state index is 0.00123. The molecule has 0 bridgehead atoms. The predicted octanol–water partition coefficient (Wildman–Crippen LogP) is 4.67. The Bertz CT molecular complexity index is 947. The standard InChI is InChI=1S/C19H19F3N2O6/c1-4-7-30-15-6-5-11(19(20,21)22)8-13(15)23-18(25)12-9-16(28-2)17(29-3)10-14(12)24(26)27/h5-6,8-10H,4,7H2,1-3H3,(H,23,25). The number of anilines is 1. The van der Waals surface area contributed by atoms with Gasteiger partial charge in [0.15, 0.2) is 11.5 Å². The van der Waals surface area contributed by atoms with Gasteiger partial charge in [0.2, 0.25) is 0 Å². The molecule has 0 unspecified atom stereocenters. The summed E-state index contributed by atoms with van der Waals surface area (Å²) < 4.78 is 54.7. The quantitative estimate of drug-likeness (QED) is 0.484. The fourth-order valence-electron chi connectivity index (χ4n) is 2.53. The number of hydrogen-bond acceptors (Lipinski definition) is 6. The van der Waals surface area contributed by atoms with E-state index >= 15 is 0 Å². The zero-order chi connectivity index (χ0) is 22.5. The number of alkyl halides is 3. The van der Waals surface area contributed by atoms with Gasteiger partial charge in [-0.3, -0.25) is 14.9 Å². The number of nitrogens with one attached hydrogen (secondary N) is 1. The summed E-state index contributed by atoms with van der Waals surface area (Å²) in [5.74, 6) is -0.948. The molecule has 8 nitrogen and oxygen atoms in total. The molecule has 0 atom stereocenters. The van der Waals surface area contributed by atoms with Gasteiger partial charge in [0.05, 0.1) is 43.1 Å². The molecule has 0 aliphatic carbocycles. The van der Waals surface area contributed by atoms with Gasteiger partial charge in [-0.2, -0.15) is 13.2 Å². The first-order valence-corrected chi connectivity index (χ1v) is 8.68. The van der Waals surface area contributed by atoms with Crippen molar-refractivity contribution in [1.29, 1.82) is 0 Å². The first-order valence-electron chi connectivity index (χ1n) is 8.68. The van der Waals surface area contributed by atoms with Crippen molar-refractivity contribution < 1.29 is 37.1 Å². The Morgan fingerprint density at radius 3 is 2.27 bits per heavy atom. The minimum atomic E-state index is -4.65. The van der Waals surface area contributed by atoms with E-state index in [0.29, 0.717) is 12.5 Å². The summed E-state index contributed by atoms with van der Waals surface area (Å²) in [7, 11) is 2.54. The number of carbonyl (C=O) groups excluding carboxylic acids is 1. The molecule has 0 aromatic heterocycles. The van der Waals surface area contributed by atoms with Gasteiger partial charge in [0.1, 0.15) is 11.3 Å². The smallest absolute Gasteiger partial charge is 0.416 e. The summed E-state index contributed by atoms with van der Waals surface area (Å²) in [6, 6.07) is 4.67. The number of rotatable bonds is 8.